The van der Waals surface area contributed by atoms with Crippen LogP contribution in [0.1, 0.15) is 62.3 Å². The molecule has 11 heteroatoms. The molecule has 1 fully saturated rings. The number of rotatable bonds is 6. The van der Waals surface area contributed by atoms with E-state index in [-0.39, 0.29) is 60.1 Å². The van der Waals surface area contributed by atoms with Crippen LogP contribution in [0.2, 0.25) is 0 Å². The average Bonchev–Trinajstić information content (AvgIpc) is 3.27. The summed E-state index contributed by atoms with van der Waals surface area (Å²) >= 11 is 0. The SMILES string of the molecule is CCCCN1C(=O)c2ccc(C(=O)N3CCN(S(=O)(=O)c4c(C)noc4C)CC3)cc2C1=O. The monoisotopic (exact) mass is 474 g/mol. The van der Waals surface area contributed by atoms with Crippen LogP contribution in [0, 0.1) is 13.8 Å². The molecule has 1 saturated heterocycles. The summed E-state index contributed by atoms with van der Waals surface area (Å²) < 4.78 is 32.3. The van der Waals surface area contributed by atoms with E-state index >= 15 is 0 Å². The number of nitrogens with zero attached hydrogens (tertiary/aromatic N) is 4. The van der Waals surface area contributed by atoms with E-state index in [0.29, 0.717) is 23.4 Å². The van der Waals surface area contributed by atoms with Crippen LogP contribution < -0.4 is 0 Å². The number of aromatic nitrogens is 1. The van der Waals surface area contributed by atoms with Gasteiger partial charge < -0.3 is 9.42 Å². The highest BCUT2D eigenvalue weighted by molar-refractivity contribution is 7.89. The number of carbonyl (C=O) groups excluding carboxylic acids is 3. The van der Waals surface area contributed by atoms with Crippen LogP contribution in [0.4, 0.5) is 0 Å². The van der Waals surface area contributed by atoms with Crippen molar-refractivity contribution in [1.82, 2.24) is 19.3 Å². The number of piperazine rings is 1. The third-order valence-corrected chi connectivity index (χ3v) is 8.19. The first-order chi connectivity index (χ1) is 15.7. The second-order valence-electron chi connectivity index (χ2n) is 8.23. The number of sulfonamides is 1. The molecule has 4 rings (SSSR count). The van der Waals surface area contributed by atoms with E-state index in [1.165, 1.54) is 21.3 Å². The van der Waals surface area contributed by atoms with E-state index in [0.717, 1.165) is 12.8 Å². The molecule has 1 aromatic carbocycles. The lowest BCUT2D eigenvalue weighted by Crippen LogP contribution is -2.50. The van der Waals surface area contributed by atoms with Crippen molar-refractivity contribution in [2.75, 3.05) is 32.7 Å². The topological polar surface area (TPSA) is 121 Å². The van der Waals surface area contributed by atoms with Gasteiger partial charge in [-0.1, -0.05) is 18.5 Å². The fourth-order valence-corrected chi connectivity index (χ4v) is 5.94. The van der Waals surface area contributed by atoms with Gasteiger partial charge in [-0.3, -0.25) is 19.3 Å². The number of fused-ring (bicyclic) bond motifs is 1. The van der Waals surface area contributed by atoms with Gasteiger partial charge in [-0.25, -0.2) is 8.42 Å². The molecule has 0 saturated carbocycles. The summed E-state index contributed by atoms with van der Waals surface area (Å²) in [4.78, 5) is 41.1. The second-order valence-corrected chi connectivity index (χ2v) is 10.1. The predicted molar refractivity (Wildman–Crippen MR) is 117 cm³/mol. The van der Waals surface area contributed by atoms with Crippen molar-refractivity contribution in [3.63, 3.8) is 0 Å². The van der Waals surface area contributed by atoms with E-state index in [1.807, 2.05) is 6.92 Å². The van der Waals surface area contributed by atoms with Crippen molar-refractivity contribution in [3.05, 3.63) is 46.3 Å². The Morgan fingerprint density at radius 3 is 2.33 bits per heavy atom. The number of hydrogen-bond donors (Lipinski definition) is 0. The first-order valence-electron chi connectivity index (χ1n) is 10.9. The minimum absolute atomic E-state index is 0.0664. The Bertz CT molecular complexity index is 1210. The van der Waals surface area contributed by atoms with E-state index in [1.54, 1.807) is 24.8 Å². The summed E-state index contributed by atoms with van der Waals surface area (Å²) in [5.74, 6) is -0.787. The highest BCUT2D eigenvalue weighted by atomic mass is 32.2. The summed E-state index contributed by atoms with van der Waals surface area (Å²) in [6, 6.07) is 4.53. The minimum atomic E-state index is -3.78. The normalized spacial score (nSPS) is 17.1. The Labute approximate surface area is 192 Å². The molecule has 2 aromatic rings. The summed E-state index contributed by atoms with van der Waals surface area (Å²) in [6.07, 6.45) is 1.58. The average molecular weight is 475 g/mol. The Hall–Kier alpha value is -3.05. The highest BCUT2D eigenvalue weighted by Gasteiger charge is 2.37. The number of unbranched alkanes of at least 4 members (excludes halogenated alkanes) is 1. The molecule has 33 heavy (non-hydrogen) atoms. The lowest BCUT2D eigenvalue weighted by Gasteiger charge is -2.34. The molecule has 2 aliphatic heterocycles. The molecule has 176 valence electrons. The zero-order chi connectivity index (χ0) is 23.9. The Kier molecular flexibility index (Phi) is 6.10. The van der Waals surface area contributed by atoms with Crippen LogP contribution in [0.15, 0.2) is 27.6 Å². The Balaban J connectivity index is 1.47. The molecule has 0 spiro atoms. The molecule has 0 aliphatic carbocycles. The zero-order valence-electron chi connectivity index (χ0n) is 18.8. The predicted octanol–water partition coefficient (Wildman–Crippen LogP) is 1.83. The van der Waals surface area contributed by atoms with Gasteiger partial charge in [0.1, 0.15) is 10.6 Å². The molecule has 3 heterocycles. The van der Waals surface area contributed by atoms with Crippen molar-refractivity contribution in [1.29, 1.82) is 0 Å². The maximum absolute atomic E-state index is 13.1. The van der Waals surface area contributed by atoms with Gasteiger partial charge in [0.15, 0.2) is 5.76 Å². The minimum Gasteiger partial charge on any atom is -0.360 e. The van der Waals surface area contributed by atoms with Gasteiger partial charge in [0.2, 0.25) is 10.0 Å². The summed E-state index contributed by atoms with van der Waals surface area (Å²) in [6.45, 7) is 6.13. The molecule has 0 unspecified atom stereocenters. The molecule has 1 aromatic heterocycles. The van der Waals surface area contributed by atoms with Gasteiger partial charge in [0.05, 0.1) is 11.1 Å². The third-order valence-electron chi connectivity index (χ3n) is 6.04. The van der Waals surface area contributed by atoms with Gasteiger partial charge in [-0.15, -0.1) is 0 Å². The van der Waals surface area contributed by atoms with Crippen molar-refractivity contribution in [3.8, 4) is 0 Å². The van der Waals surface area contributed by atoms with Crippen LogP contribution in [-0.4, -0.2) is 78.1 Å². The number of amides is 3. The number of benzene rings is 1. The van der Waals surface area contributed by atoms with Crippen LogP contribution in [0.5, 0.6) is 0 Å². The zero-order valence-corrected chi connectivity index (χ0v) is 19.6. The van der Waals surface area contributed by atoms with Gasteiger partial charge in [0, 0.05) is 38.3 Å². The van der Waals surface area contributed by atoms with E-state index in [4.69, 9.17) is 4.52 Å². The summed E-state index contributed by atoms with van der Waals surface area (Å²) in [7, 11) is -3.78. The van der Waals surface area contributed by atoms with Gasteiger partial charge in [0.25, 0.3) is 17.7 Å². The molecule has 0 N–H and O–H groups in total. The fourth-order valence-electron chi connectivity index (χ4n) is 4.23. The molecule has 0 bridgehead atoms. The molecule has 3 amide bonds. The lowest BCUT2D eigenvalue weighted by molar-refractivity contribution is 0.0651. The van der Waals surface area contributed by atoms with Crippen LogP contribution in [0.3, 0.4) is 0 Å². The maximum Gasteiger partial charge on any atom is 0.261 e. The van der Waals surface area contributed by atoms with Crippen molar-refractivity contribution >= 4 is 27.7 Å². The molecular formula is C22H26N4O6S. The van der Waals surface area contributed by atoms with E-state index < -0.39 is 10.0 Å². The molecular weight excluding hydrogens is 448 g/mol. The molecule has 0 radical (unpaired) electrons. The number of aryl methyl sites for hydroxylation is 2. The first kappa shape index (κ1) is 23.1. The Morgan fingerprint density at radius 2 is 1.73 bits per heavy atom. The summed E-state index contributed by atoms with van der Waals surface area (Å²) in [5, 5.41) is 3.72. The van der Waals surface area contributed by atoms with E-state index in [9.17, 15) is 22.8 Å². The van der Waals surface area contributed by atoms with E-state index in [2.05, 4.69) is 5.16 Å². The molecule has 2 aliphatic rings. The quantitative estimate of drug-likeness (QED) is 0.586. The number of carbonyl (C=O) groups is 3. The number of hydrogen-bond acceptors (Lipinski definition) is 7. The molecule has 10 nitrogen and oxygen atoms in total. The summed E-state index contributed by atoms with van der Waals surface area (Å²) in [5.41, 5.74) is 1.15. The van der Waals surface area contributed by atoms with Gasteiger partial charge in [-0.2, -0.15) is 4.31 Å². The molecule has 0 atom stereocenters. The lowest BCUT2D eigenvalue weighted by atomic mass is 10.0. The van der Waals surface area contributed by atoms with Crippen molar-refractivity contribution < 1.29 is 27.3 Å². The fraction of sp³-hybridized carbons (Fsp3) is 0.455. The maximum atomic E-state index is 13.1. The van der Waals surface area contributed by atoms with Gasteiger partial charge >= 0.3 is 0 Å². The van der Waals surface area contributed by atoms with Crippen LogP contribution in [0.25, 0.3) is 0 Å². The van der Waals surface area contributed by atoms with Crippen molar-refractivity contribution in [2.45, 2.75) is 38.5 Å². The highest BCUT2D eigenvalue weighted by Crippen LogP contribution is 2.27. The van der Waals surface area contributed by atoms with Gasteiger partial charge in [-0.05, 0) is 38.5 Å². The van der Waals surface area contributed by atoms with Crippen LogP contribution >= 0.6 is 0 Å². The first-order valence-corrected chi connectivity index (χ1v) is 12.3. The number of imide groups is 1. The Morgan fingerprint density at radius 1 is 1.06 bits per heavy atom. The standard InChI is InChI=1S/C22H26N4O6S/c1-4-5-8-26-21(28)17-7-6-16(13-18(17)22(26)29)20(27)24-9-11-25(12-10-24)33(30,31)19-14(2)23-32-15(19)3/h6-7,13H,4-5,8-12H2,1-3H3. The van der Waals surface area contributed by atoms with Crippen molar-refractivity contribution in [2.24, 2.45) is 0 Å². The second kappa shape index (κ2) is 8.71. The third kappa shape index (κ3) is 3.95. The largest absolute Gasteiger partial charge is 0.360 e. The smallest absolute Gasteiger partial charge is 0.261 e. The van der Waals surface area contributed by atoms with Crippen LogP contribution in [-0.2, 0) is 10.0 Å².